The summed E-state index contributed by atoms with van der Waals surface area (Å²) in [5.74, 6) is 1.92. The third-order valence-electron chi connectivity index (χ3n) is 4.11. The van der Waals surface area contributed by atoms with Gasteiger partial charge in [0, 0.05) is 55.0 Å². The molecule has 2 N–H and O–H groups in total. The number of hydrogen-bond donors (Lipinski definition) is 2. The maximum atomic E-state index is 12.2. The maximum absolute atomic E-state index is 12.2. The molecule has 126 valence electrons. The van der Waals surface area contributed by atoms with Crippen LogP contribution in [0.15, 0.2) is 53.5 Å². The Hall–Kier alpha value is -2.05. The van der Waals surface area contributed by atoms with E-state index in [9.17, 15) is 9.59 Å². The Morgan fingerprint density at radius 3 is 2.92 bits per heavy atom. The number of nitrogens with one attached hydrogen (secondary N) is 2. The summed E-state index contributed by atoms with van der Waals surface area (Å²) in [5, 5.41) is 2.96. The van der Waals surface area contributed by atoms with Crippen molar-refractivity contribution in [2.45, 2.75) is 12.6 Å². The van der Waals surface area contributed by atoms with Crippen molar-refractivity contribution >= 4 is 17.7 Å². The molecular weight excluding hydrogens is 322 g/mol. The number of aromatic amines is 1. The van der Waals surface area contributed by atoms with Crippen LogP contribution in [-0.2, 0) is 6.54 Å². The van der Waals surface area contributed by atoms with Crippen molar-refractivity contribution in [3.8, 4) is 0 Å². The molecule has 6 heteroatoms. The van der Waals surface area contributed by atoms with E-state index in [4.69, 9.17) is 0 Å². The highest BCUT2D eigenvalue weighted by Crippen LogP contribution is 2.18. The van der Waals surface area contributed by atoms with Crippen LogP contribution in [0.4, 0.5) is 0 Å². The molecule has 2 heterocycles. The van der Waals surface area contributed by atoms with Gasteiger partial charge in [-0.1, -0.05) is 30.3 Å². The lowest BCUT2D eigenvalue weighted by atomic mass is 10.1. The molecule has 0 radical (unpaired) electrons. The van der Waals surface area contributed by atoms with Crippen molar-refractivity contribution in [1.29, 1.82) is 0 Å². The van der Waals surface area contributed by atoms with Gasteiger partial charge < -0.3 is 10.3 Å². The first-order valence-electron chi connectivity index (χ1n) is 8.05. The first kappa shape index (κ1) is 16.8. The standard InChI is InChI=1S/C18H21N3O2S/c22-17-10-15(6-7-19-17)18(23)20-11-16-13-24-9-8-21(16)12-14-4-2-1-3-5-14/h1-7,10,16H,8-9,11-13H2,(H,19,22)(H,20,23). The summed E-state index contributed by atoms with van der Waals surface area (Å²) in [7, 11) is 0. The minimum absolute atomic E-state index is 0.198. The van der Waals surface area contributed by atoms with Gasteiger partial charge in [0.25, 0.3) is 5.91 Å². The number of H-pyrrole nitrogens is 1. The van der Waals surface area contributed by atoms with E-state index in [2.05, 4.69) is 39.5 Å². The predicted molar refractivity (Wildman–Crippen MR) is 97.4 cm³/mol. The molecular formula is C18H21N3O2S. The molecule has 1 saturated heterocycles. The Morgan fingerprint density at radius 2 is 2.12 bits per heavy atom. The molecule has 0 spiro atoms. The van der Waals surface area contributed by atoms with Crippen molar-refractivity contribution < 1.29 is 4.79 Å². The van der Waals surface area contributed by atoms with Gasteiger partial charge in [-0.2, -0.15) is 11.8 Å². The molecule has 5 nitrogen and oxygen atoms in total. The van der Waals surface area contributed by atoms with Crippen LogP contribution >= 0.6 is 11.8 Å². The zero-order chi connectivity index (χ0) is 16.8. The second-order valence-electron chi connectivity index (χ2n) is 5.84. The monoisotopic (exact) mass is 343 g/mol. The Kier molecular flexibility index (Phi) is 5.72. The molecule has 0 aliphatic carbocycles. The Labute approximate surface area is 145 Å². The molecule has 1 fully saturated rings. The summed E-state index contributed by atoms with van der Waals surface area (Å²) in [6.07, 6.45) is 1.50. The maximum Gasteiger partial charge on any atom is 0.251 e. The average molecular weight is 343 g/mol. The predicted octanol–water partition coefficient (Wildman–Crippen LogP) is 1.72. The highest BCUT2D eigenvalue weighted by atomic mass is 32.2. The highest BCUT2D eigenvalue weighted by Gasteiger charge is 2.23. The van der Waals surface area contributed by atoms with E-state index in [1.54, 1.807) is 6.07 Å². The van der Waals surface area contributed by atoms with Gasteiger partial charge in [-0.15, -0.1) is 0 Å². The first-order valence-corrected chi connectivity index (χ1v) is 9.20. The zero-order valence-corrected chi connectivity index (χ0v) is 14.2. The van der Waals surface area contributed by atoms with Crippen LogP contribution in [0.25, 0.3) is 0 Å². The zero-order valence-electron chi connectivity index (χ0n) is 13.4. The number of carbonyl (C=O) groups is 1. The quantitative estimate of drug-likeness (QED) is 0.868. The van der Waals surface area contributed by atoms with Crippen LogP contribution in [0.1, 0.15) is 15.9 Å². The minimum atomic E-state index is -0.262. The largest absolute Gasteiger partial charge is 0.350 e. The van der Waals surface area contributed by atoms with E-state index in [1.165, 1.54) is 17.8 Å². The van der Waals surface area contributed by atoms with Crippen LogP contribution in [0, 0.1) is 0 Å². The fourth-order valence-corrected chi connectivity index (χ4v) is 3.93. The number of benzene rings is 1. The number of hydrogen-bond acceptors (Lipinski definition) is 4. The van der Waals surface area contributed by atoms with Gasteiger partial charge in [-0.25, -0.2) is 0 Å². The topological polar surface area (TPSA) is 65.2 Å². The molecule has 1 aromatic carbocycles. The molecule has 1 aliphatic rings. The lowest BCUT2D eigenvalue weighted by molar-refractivity contribution is 0.0935. The van der Waals surface area contributed by atoms with Gasteiger partial charge in [0.2, 0.25) is 5.56 Å². The second-order valence-corrected chi connectivity index (χ2v) is 6.99. The minimum Gasteiger partial charge on any atom is -0.350 e. The molecule has 1 aromatic heterocycles. The summed E-state index contributed by atoms with van der Waals surface area (Å²) in [5.41, 5.74) is 1.42. The first-order chi connectivity index (χ1) is 11.7. The van der Waals surface area contributed by atoms with Crippen molar-refractivity contribution in [3.05, 3.63) is 70.1 Å². The summed E-state index contributed by atoms with van der Waals surface area (Å²) < 4.78 is 0. The average Bonchev–Trinajstić information content (AvgIpc) is 2.61. The fourth-order valence-electron chi connectivity index (χ4n) is 2.80. The third-order valence-corrected chi connectivity index (χ3v) is 5.21. The molecule has 0 saturated carbocycles. The van der Waals surface area contributed by atoms with Crippen LogP contribution in [-0.4, -0.2) is 46.4 Å². The molecule has 3 rings (SSSR count). The van der Waals surface area contributed by atoms with E-state index in [0.29, 0.717) is 18.2 Å². The van der Waals surface area contributed by atoms with Crippen molar-refractivity contribution in [2.24, 2.45) is 0 Å². The molecule has 1 unspecified atom stereocenters. The van der Waals surface area contributed by atoms with Crippen LogP contribution in [0.2, 0.25) is 0 Å². The molecule has 1 aliphatic heterocycles. The number of thioether (sulfide) groups is 1. The van der Waals surface area contributed by atoms with Gasteiger partial charge >= 0.3 is 0 Å². The van der Waals surface area contributed by atoms with Crippen molar-refractivity contribution in [2.75, 3.05) is 24.6 Å². The lowest BCUT2D eigenvalue weighted by Crippen LogP contribution is -2.48. The number of amides is 1. The summed E-state index contributed by atoms with van der Waals surface area (Å²) in [6, 6.07) is 13.6. The van der Waals surface area contributed by atoms with Crippen molar-refractivity contribution in [3.63, 3.8) is 0 Å². The number of aromatic nitrogens is 1. The molecule has 2 aromatic rings. The number of rotatable bonds is 5. The lowest BCUT2D eigenvalue weighted by Gasteiger charge is -2.35. The molecule has 1 amide bonds. The molecule has 1 atom stereocenters. The van der Waals surface area contributed by atoms with Gasteiger partial charge in [0.1, 0.15) is 0 Å². The van der Waals surface area contributed by atoms with E-state index in [1.807, 2.05) is 17.8 Å². The Morgan fingerprint density at radius 1 is 1.29 bits per heavy atom. The van der Waals surface area contributed by atoms with Gasteiger partial charge in [-0.3, -0.25) is 14.5 Å². The van der Waals surface area contributed by atoms with Gasteiger partial charge in [0.15, 0.2) is 0 Å². The van der Waals surface area contributed by atoms with E-state index >= 15 is 0 Å². The number of carbonyl (C=O) groups excluding carboxylic acids is 1. The molecule has 24 heavy (non-hydrogen) atoms. The second kappa shape index (κ2) is 8.17. The normalized spacial score (nSPS) is 18.2. The molecule has 0 bridgehead atoms. The number of nitrogens with zero attached hydrogens (tertiary/aromatic N) is 1. The summed E-state index contributed by atoms with van der Waals surface area (Å²) in [4.78, 5) is 28.5. The van der Waals surface area contributed by atoms with Crippen LogP contribution < -0.4 is 10.9 Å². The fraction of sp³-hybridized carbons (Fsp3) is 0.333. The van der Waals surface area contributed by atoms with E-state index in [0.717, 1.165) is 24.6 Å². The van der Waals surface area contributed by atoms with Gasteiger partial charge in [0.05, 0.1) is 0 Å². The summed E-state index contributed by atoms with van der Waals surface area (Å²) >= 11 is 1.92. The van der Waals surface area contributed by atoms with E-state index < -0.39 is 0 Å². The van der Waals surface area contributed by atoms with Gasteiger partial charge in [-0.05, 0) is 11.6 Å². The Bertz CT molecular complexity index is 732. The summed E-state index contributed by atoms with van der Waals surface area (Å²) in [6.45, 7) is 2.50. The smallest absolute Gasteiger partial charge is 0.251 e. The third kappa shape index (κ3) is 4.49. The highest BCUT2D eigenvalue weighted by molar-refractivity contribution is 7.99. The van der Waals surface area contributed by atoms with Crippen molar-refractivity contribution in [1.82, 2.24) is 15.2 Å². The number of pyridine rings is 1. The van der Waals surface area contributed by atoms with Crippen LogP contribution in [0.3, 0.4) is 0 Å². The van der Waals surface area contributed by atoms with Crippen LogP contribution in [0.5, 0.6) is 0 Å². The van der Waals surface area contributed by atoms with E-state index in [-0.39, 0.29) is 11.5 Å². The Balaban J connectivity index is 1.59. The SMILES string of the molecule is O=C(NCC1CSCCN1Cc1ccccc1)c1cc[nH]c(=O)c1.